The van der Waals surface area contributed by atoms with Gasteiger partial charge in [-0.25, -0.2) is 0 Å². The molecule has 1 saturated carbocycles. The lowest BCUT2D eigenvalue weighted by Crippen LogP contribution is -2.42. The lowest BCUT2D eigenvalue weighted by Gasteiger charge is -2.31. The van der Waals surface area contributed by atoms with Crippen molar-refractivity contribution in [2.24, 2.45) is 5.92 Å². The first kappa shape index (κ1) is 15.0. The molecule has 2 nitrogen and oxygen atoms in total. The maximum atomic E-state index is 5.68. The molecular weight excluding hydrogens is 210 g/mol. The highest BCUT2D eigenvalue weighted by Gasteiger charge is 2.24. The van der Waals surface area contributed by atoms with Crippen LogP contribution in [-0.4, -0.2) is 25.8 Å². The van der Waals surface area contributed by atoms with Gasteiger partial charge in [0, 0.05) is 13.2 Å². The largest absolute Gasteiger partial charge is 0.380 e. The van der Waals surface area contributed by atoms with Crippen LogP contribution < -0.4 is 5.32 Å². The molecule has 2 unspecified atom stereocenters. The van der Waals surface area contributed by atoms with Crippen molar-refractivity contribution in [1.82, 2.24) is 5.32 Å². The van der Waals surface area contributed by atoms with Gasteiger partial charge in [0.05, 0.1) is 6.10 Å². The van der Waals surface area contributed by atoms with Crippen LogP contribution in [0.15, 0.2) is 0 Å². The van der Waals surface area contributed by atoms with Crippen LogP contribution >= 0.6 is 0 Å². The number of likely N-dealkylation sites (N-methyl/N-ethyl adjacent to an activating group) is 1. The summed E-state index contributed by atoms with van der Waals surface area (Å²) in [6, 6.07) is 0.563. The summed E-state index contributed by atoms with van der Waals surface area (Å²) in [6.45, 7) is 5.50. The molecule has 1 fully saturated rings. The first-order valence-electron chi connectivity index (χ1n) is 7.57. The normalized spacial score (nSPS) is 21.4. The topological polar surface area (TPSA) is 21.3 Å². The third kappa shape index (κ3) is 5.39. The van der Waals surface area contributed by atoms with Gasteiger partial charge < -0.3 is 10.1 Å². The number of nitrogens with one attached hydrogen (secondary N) is 1. The van der Waals surface area contributed by atoms with Gasteiger partial charge in [-0.15, -0.1) is 0 Å². The fourth-order valence-corrected chi connectivity index (χ4v) is 3.18. The van der Waals surface area contributed by atoms with Crippen LogP contribution in [0.4, 0.5) is 0 Å². The van der Waals surface area contributed by atoms with Crippen LogP contribution in [-0.2, 0) is 4.74 Å². The zero-order chi connectivity index (χ0) is 12.5. The first-order chi connectivity index (χ1) is 8.31. The molecule has 0 aliphatic heterocycles. The lowest BCUT2D eigenvalue weighted by atomic mass is 9.83. The molecule has 0 saturated heterocycles. The Hall–Kier alpha value is -0.0800. The van der Waals surface area contributed by atoms with Crippen molar-refractivity contribution in [3.8, 4) is 0 Å². The van der Waals surface area contributed by atoms with E-state index < -0.39 is 0 Å². The number of ether oxygens (including phenoxy) is 1. The van der Waals surface area contributed by atoms with E-state index in [4.69, 9.17) is 4.74 Å². The Morgan fingerprint density at radius 1 is 1.18 bits per heavy atom. The first-order valence-corrected chi connectivity index (χ1v) is 7.57. The maximum absolute atomic E-state index is 5.68. The minimum Gasteiger partial charge on any atom is -0.380 e. The van der Waals surface area contributed by atoms with E-state index in [1.807, 2.05) is 7.11 Å². The van der Waals surface area contributed by atoms with Crippen molar-refractivity contribution in [2.45, 2.75) is 77.4 Å². The molecule has 0 bridgehead atoms. The van der Waals surface area contributed by atoms with Crippen LogP contribution in [0.25, 0.3) is 0 Å². The molecule has 0 aromatic carbocycles. The van der Waals surface area contributed by atoms with Gasteiger partial charge >= 0.3 is 0 Å². The summed E-state index contributed by atoms with van der Waals surface area (Å²) in [5.41, 5.74) is 0. The molecule has 0 heterocycles. The zero-order valence-corrected chi connectivity index (χ0v) is 12.0. The van der Waals surface area contributed by atoms with Crippen molar-refractivity contribution in [3.63, 3.8) is 0 Å². The fraction of sp³-hybridized carbons (Fsp3) is 1.00. The van der Waals surface area contributed by atoms with E-state index in [9.17, 15) is 0 Å². The molecule has 0 radical (unpaired) electrons. The molecular formula is C15H31NO. The molecule has 1 rings (SSSR count). The second-order valence-electron chi connectivity index (χ2n) is 5.47. The molecule has 0 aromatic heterocycles. The Balaban J connectivity index is 2.44. The van der Waals surface area contributed by atoms with Gasteiger partial charge in [0.15, 0.2) is 0 Å². The monoisotopic (exact) mass is 241 g/mol. The summed E-state index contributed by atoms with van der Waals surface area (Å²) in [4.78, 5) is 0. The fourth-order valence-electron chi connectivity index (χ4n) is 3.18. The van der Waals surface area contributed by atoms with Crippen molar-refractivity contribution in [1.29, 1.82) is 0 Å². The van der Waals surface area contributed by atoms with Crippen LogP contribution in [0, 0.1) is 5.92 Å². The average Bonchev–Trinajstić information content (AvgIpc) is 2.37. The summed E-state index contributed by atoms with van der Waals surface area (Å²) in [6.07, 6.45) is 11.3. The number of hydrogen-bond acceptors (Lipinski definition) is 2. The molecule has 0 amide bonds. The number of methoxy groups -OCH3 is 1. The molecule has 0 spiro atoms. The SMILES string of the molecule is CCCC(OC)C(CC1CCCCC1)NCC. The molecule has 0 aromatic rings. The predicted molar refractivity (Wildman–Crippen MR) is 74.4 cm³/mol. The van der Waals surface area contributed by atoms with E-state index in [1.165, 1.54) is 51.4 Å². The van der Waals surface area contributed by atoms with Gasteiger partial charge in [0.25, 0.3) is 0 Å². The second-order valence-corrected chi connectivity index (χ2v) is 5.47. The molecule has 102 valence electrons. The summed E-state index contributed by atoms with van der Waals surface area (Å²) in [5, 5.41) is 3.64. The van der Waals surface area contributed by atoms with Crippen LogP contribution in [0.3, 0.4) is 0 Å². The molecule has 17 heavy (non-hydrogen) atoms. The number of rotatable bonds is 8. The highest BCUT2D eigenvalue weighted by molar-refractivity contribution is 4.81. The summed E-state index contributed by atoms with van der Waals surface area (Å²) in [5.74, 6) is 0.933. The van der Waals surface area contributed by atoms with Crippen molar-refractivity contribution < 1.29 is 4.74 Å². The standard InChI is InChI=1S/C15H31NO/c1-4-9-15(17-3)14(16-5-2)12-13-10-7-6-8-11-13/h13-16H,4-12H2,1-3H3. The predicted octanol–water partition coefficient (Wildman–Crippen LogP) is 3.75. The average molecular weight is 241 g/mol. The Bertz CT molecular complexity index is 178. The van der Waals surface area contributed by atoms with Gasteiger partial charge in [0.2, 0.25) is 0 Å². The summed E-state index contributed by atoms with van der Waals surface area (Å²) < 4.78 is 5.68. The third-order valence-corrected chi connectivity index (χ3v) is 4.10. The minimum atomic E-state index is 0.405. The van der Waals surface area contributed by atoms with Gasteiger partial charge in [-0.1, -0.05) is 52.4 Å². The Kier molecular flexibility index (Phi) is 7.87. The Morgan fingerprint density at radius 2 is 1.88 bits per heavy atom. The highest BCUT2D eigenvalue weighted by Crippen LogP contribution is 2.28. The molecule has 1 aliphatic carbocycles. The van der Waals surface area contributed by atoms with Gasteiger partial charge in [-0.2, -0.15) is 0 Å². The smallest absolute Gasteiger partial charge is 0.0724 e. The third-order valence-electron chi connectivity index (χ3n) is 4.10. The van der Waals surface area contributed by atoms with E-state index in [1.54, 1.807) is 0 Å². The minimum absolute atomic E-state index is 0.405. The van der Waals surface area contributed by atoms with E-state index in [0.29, 0.717) is 12.1 Å². The highest BCUT2D eigenvalue weighted by atomic mass is 16.5. The summed E-state index contributed by atoms with van der Waals surface area (Å²) >= 11 is 0. The van der Waals surface area contributed by atoms with E-state index in [0.717, 1.165) is 12.5 Å². The molecule has 2 atom stereocenters. The van der Waals surface area contributed by atoms with Crippen LogP contribution in [0.5, 0.6) is 0 Å². The van der Waals surface area contributed by atoms with Gasteiger partial charge in [0.1, 0.15) is 0 Å². The zero-order valence-electron chi connectivity index (χ0n) is 12.0. The molecule has 2 heteroatoms. The maximum Gasteiger partial charge on any atom is 0.0724 e. The van der Waals surface area contributed by atoms with E-state index in [2.05, 4.69) is 19.2 Å². The van der Waals surface area contributed by atoms with Crippen molar-refractivity contribution in [2.75, 3.05) is 13.7 Å². The lowest BCUT2D eigenvalue weighted by molar-refractivity contribution is 0.0507. The summed E-state index contributed by atoms with van der Waals surface area (Å²) in [7, 11) is 1.87. The van der Waals surface area contributed by atoms with Crippen molar-refractivity contribution in [3.05, 3.63) is 0 Å². The quantitative estimate of drug-likeness (QED) is 0.699. The number of hydrogen-bond donors (Lipinski definition) is 1. The molecule has 1 aliphatic rings. The van der Waals surface area contributed by atoms with Gasteiger partial charge in [-0.05, 0) is 25.3 Å². The second kappa shape index (κ2) is 8.93. The van der Waals surface area contributed by atoms with E-state index in [-0.39, 0.29) is 0 Å². The van der Waals surface area contributed by atoms with Crippen molar-refractivity contribution >= 4 is 0 Å². The Labute approximate surface area is 108 Å². The van der Waals surface area contributed by atoms with Crippen LogP contribution in [0.2, 0.25) is 0 Å². The van der Waals surface area contributed by atoms with Crippen LogP contribution in [0.1, 0.15) is 65.2 Å². The van der Waals surface area contributed by atoms with E-state index >= 15 is 0 Å². The molecule has 1 N–H and O–H groups in total. The Morgan fingerprint density at radius 3 is 2.41 bits per heavy atom. The van der Waals surface area contributed by atoms with Gasteiger partial charge in [-0.3, -0.25) is 0 Å².